The van der Waals surface area contributed by atoms with E-state index in [2.05, 4.69) is 23.5 Å². The van der Waals surface area contributed by atoms with Crippen molar-refractivity contribution in [3.05, 3.63) is 84.4 Å². The molecule has 3 aromatic rings. The Bertz CT molecular complexity index is 772. The Morgan fingerprint density at radius 3 is 2.10 bits per heavy atom. The van der Waals surface area contributed by atoms with Crippen molar-refractivity contribution in [1.29, 1.82) is 5.26 Å². The second kappa shape index (κ2) is 5.94. The number of para-hydroxylation sites is 1. The lowest BCUT2D eigenvalue weighted by Gasteiger charge is -2.13. The summed E-state index contributed by atoms with van der Waals surface area (Å²) in [6, 6.07) is 28.0. The quantitative estimate of drug-likeness (QED) is 0.729. The summed E-state index contributed by atoms with van der Waals surface area (Å²) < 4.78 is 0. The molecular formula is C19H14N2. The van der Waals surface area contributed by atoms with Crippen molar-refractivity contribution in [1.82, 2.24) is 0 Å². The first-order valence-electron chi connectivity index (χ1n) is 6.78. The fraction of sp³-hybridized carbons (Fsp3) is 0. The zero-order valence-corrected chi connectivity index (χ0v) is 11.5. The number of rotatable bonds is 3. The fourth-order valence-corrected chi connectivity index (χ4v) is 2.26. The molecule has 0 saturated heterocycles. The van der Waals surface area contributed by atoms with E-state index >= 15 is 0 Å². The smallest absolute Gasteiger partial charge is 0.0992 e. The van der Waals surface area contributed by atoms with Crippen LogP contribution in [0.2, 0.25) is 0 Å². The van der Waals surface area contributed by atoms with Crippen LogP contribution in [0.3, 0.4) is 0 Å². The third-order valence-corrected chi connectivity index (χ3v) is 3.29. The van der Waals surface area contributed by atoms with Gasteiger partial charge in [0.05, 0.1) is 11.6 Å². The molecule has 0 bridgehead atoms. The summed E-state index contributed by atoms with van der Waals surface area (Å²) in [5, 5.41) is 12.5. The molecule has 0 fully saturated rings. The summed E-state index contributed by atoms with van der Waals surface area (Å²) in [5.74, 6) is 0. The number of nitrogens with zero attached hydrogens (tertiary/aromatic N) is 1. The van der Waals surface area contributed by atoms with Gasteiger partial charge in [-0.1, -0.05) is 54.6 Å². The summed E-state index contributed by atoms with van der Waals surface area (Å²) >= 11 is 0. The molecule has 0 aromatic heterocycles. The minimum atomic E-state index is 0.646. The van der Waals surface area contributed by atoms with Crippen LogP contribution in [0.15, 0.2) is 78.9 Å². The topological polar surface area (TPSA) is 35.8 Å². The summed E-state index contributed by atoms with van der Waals surface area (Å²) in [4.78, 5) is 0. The number of anilines is 2. The van der Waals surface area contributed by atoms with Gasteiger partial charge in [-0.05, 0) is 29.8 Å². The Morgan fingerprint density at radius 2 is 1.43 bits per heavy atom. The van der Waals surface area contributed by atoms with E-state index < -0.39 is 0 Å². The molecule has 0 radical (unpaired) electrons. The molecule has 2 nitrogen and oxygen atoms in total. The number of benzene rings is 3. The van der Waals surface area contributed by atoms with Crippen molar-refractivity contribution in [2.24, 2.45) is 0 Å². The highest BCUT2D eigenvalue weighted by molar-refractivity contribution is 5.82. The zero-order valence-electron chi connectivity index (χ0n) is 11.5. The Hall–Kier alpha value is -3.05. The van der Waals surface area contributed by atoms with E-state index in [1.165, 1.54) is 0 Å². The van der Waals surface area contributed by atoms with Crippen LogP contribution in [0.5, 0.6) is 0 Å². The molecule has 0 atom stereocenters. The van der Waals surface area contributed by atoms with E-state index in [1.807, 2.05) is 66.7 Å². The molecule has 3 rings (SSSR count). The number of hydrogen-bond donors (Lipinski definition) is 1. The predicted octanol–water partition coefficient (Wildman–Crippen LogP) is 4.97. The van der Waals surface area contributed by atoms with Gasteiger partial charge in [0, 0.05) is 16.9 Å². The predicted molar refractivity (Wildman–Crippen MR) is 86.3 cm³/mol. The lowest BCUT2D eigenvalue weighted by atomic mass is 10.0. The van der Waals surface area contributed by atoms with Crippen molar-refractivity contribution in [3.63, 3.8) is 0 Å². The summed E-state index contributed by atoms with van der Waals surface area (Å²) in [7, 11) is 0. The summed E-state index contributed by atoms with van der Waals surface area (Å²) in [6.07, 6.45) is 0. The fourth-order valence-electron chi connectivity index (χ4n) is 2.26. The third kappa shape index (κ3) is 2.93. The Kier molecular flexibility index (Phi) is 3.66. The van der Waals surface area contributed by atoms with Gasteiger partial charge >= 0.3 is 0 Å². The second-order valence-electron chi connectivity index (χ2n) is 4.73. The van der Waals surface area contributed by atoms with Crippen LogP contribution in [-0.4, -0.2) is 0 Å². The molecule has 0 heterocycles. The molecule has 2 heteroatoms. The zero-order chi connectivity index (χ0) is 14.5. The Labute approximate surface area is 124 Å². The standard InChI is InChI=1S/C19H14N2/c20-14-15-11-12-18(16-7-3-1-4-8-16)19(13-15)21-17-9-5-2-6-10-17/h1-13,21H. The van der Waals surface area contributed by atoms with E-state index in [0.717, 1.165) is 22.5 Å². The van der Waals surface area contributed by atoms with E-state index in [0.29, 0.717) is 5.56 Å². The van der Waals surface area contributed by atoms with Gasteiger partial charge in [0.25, 0.3) is 0 Å². The van der Waals surface area contributed by atoms with Gasteiger partial charge in [-0.25, -0.2) is 0 Å². The van der Waals surface area contributed by atoms with Gasteiger partial charge < -0.3 is 5.32 Å². The number of nitrogens with one attached hydrogen (secondary N) is 1. The molecule has 3 aromatic carbocycles. The Balaban J connectivity index is 2.06. The first kappa shape index (κ1) is 13.0. The minimum Gasteiger partial charge on any atom is -0.355 e. The highest BCUT2D eigenvalue weighted by atomic mass is 14.9. The van der Waals surface area contributed by atoms with Gasteiger partial charge in [-0.15, -0.1) is 0 Å². The van der Waals surface area contributed by atoms with E-state index in [-0.39, 0.29) is 0 Å². The van der Waals surface area contributed by atoms with Crippen molar-refractivity contribution >= 4 is 11.4 Å². The molecule has 100 valence electrons. The van der Waals surface area contributed by atoms with Crippen LogP contribution >= 0.6 is 0 Å². The molecule has 0 aliphatic carbocycles. The monoisotopic (exact) mass is 270 g/mol. The third-order valence-electron chi connectivity index (χ3n) is 3.29. The summed E-state index contributed by atoms with van der Waals surface area (Å²) in [6.45, 7) is 0. The molecular weight excluding hydrogens is 256 g/mol. The normalized spacial score (nSPS) is 9.86. The van der Waals surface area contributed by atoms with Gasteiger partial charge in [0.15, 0.2) is 0 Å². The second-order valence-corrected chi connectivity index (χ2v) is 4.73. The minimum absolute atomic E-state index is 0.646. The molecule has 0 aliphatic rings. The highest BCUT2D eigenvalue weighted by Crippen LogP contribution is 2.31. The average molecular weight is 270 g/mol. The van der Waals surface area contributed by atoms with Crippen molar-refractivity contribution in [2.45, 2.75) is 0 Å². The van der Waals surface area contributed by atoms with Crippen LogP contribution in [0.1, 0.15) is 5.56 Å². The molecule has 0 unspecified atom stereocenters. The van der Waals surface area contributed by atoms with E-state index in [1.54, 1.807) is 0 Å². The summed E-state index contributed by atoms with van der Waals surface area (Å²) in [5.41, 5.74) is 4.79. The molecule has 21 heavy (non-hydrogen) atoms. The van der Waals surface area contributed by atoms with Gasteiger partial charge in [-0.3, -0.25) is 0 Å². The molecule has 0 spiro atoms. The molecule has 1 N–H and O–H groups in total. The maximum Gasteiger partial charge on any atom is 0.0992 e. The van der Waals surface area contributed by atoms with Crippen molar-refractivity contribution in [2.75, 3.05) is 5.32 Å². The van der Waals surface area contributed by atoms with E-state index in [4.69, 9.17) is 5.26 Å². The molecule has 0 amide bonds. The highest BCUT2D eigenvalue weighted by Gasteiger charge is 2.06. The van der Waals surface area contributed by atoms with Crippen molar-refractivity contribution < 1.29 is 0 Å². The number of nitriles is 1. The lowest BCUT2D eigenvalue weighted by Crippen LogP contribution is -1.94. The van der Waals surface area contributed by atoms with Crippen LogP contribution in [0.4, 0.5) is 11.4 Å². The first-order valence-corrected chi connectivity index (χ1v) is 6.78. The largest absolute Gasteiger partial charge is 0.355 e. The molecule has 0 saturated carbocycles. The van der Waals surface area contributed by atoms with Gasteiger partial charge in [0.2, 0.25) is 0 Å². The van der Waals surface area contributed by atoms with Crippen molar-refractivity contribution in [3.8, 4) is 17.2 Å². The molecule has 0 aliphatic heterocycles. The van der Waals surface area contributed by atoms with Crippen LogP contribution in [0.25, 0.3) is 11.1 Å². The Morgan fingerprint density at radius 1 is 0.762 bits per heavy atom. The van der Waals surface area contributed by atoms with Crippen LogP contribution in [-0.2, 0) is 0 Å². The maximum absolute atomic E-state index is 9.11. The lowest BCUT2D eigenvalue weighted by molar-refractivity contribution is 1.47. The maximum atomic E-state index is 9.11. The first-order chi connectivity index (χ1) is 10.4. The van der Waals surface area contributed by atoms with Crippen LogP contribution in [0, 0.1) is 11.3 Å². The number of hydrogen-bond acceptors (Lipinski definition) is 2. The SMILES string of the molecule is N#Cc1ccc(-c2ccccc2)c(Nc2ccccc2)c1. The van der Waals surface area contributed by atoms with Gasteiger partial charge in [-0.2, -0.15) is 5.26 Å². The van der Waals surface area contributed by atoms with E-state index in [9.17, 15) is 0 Å². The average Bonchev–Trinajstić information content (AvgIpc) is 2.56. The van der Waals surface area contributed by atoms with Crippen LogP contribution < -0.4 is 5.32 Å². The van der Waals surface area contributed by atoms with Gasteiger partial charge in [0.1, 0.15) is 0 Å².